The van der Waals surface area contributed by atoms with E-state index in [2.05, 4.69) is 20.8 Å². The first-order valence-corrected chi connectivity index (χ1v) is 10.9. The summed E-state index contributed by atoms with van der Waals surface area (Å²) in [6.45, 7) is -0.268. The van der Waals surface area contributed by atoms with E-state index in [0.29, 0.717) is 5.16 Å². The molecule has 13 nitrogen and oxygen atoms in total. The number of thioether (sulfide) groups is 2. The van der Waals surface area contributed by atoms with Crippen molar-refractivity contribution in [2.45, 2.75) is 29.4 Å². The minimum absolute atomic E-state index is 0. The van der Waals surface area contributed by atoms with Crippen LogP contribution in [-0.4, -0.2) is 103 Å². The molecule has 178 valence electrons. The normalized spacial score (nSPS) is 22.0. The minimum atomic E-state index is -2.78. The number of carboxylic acids is 1. The van der Waals surface area contributed by atoms with Crippen LogP contribution in [0.2, 0.25) is 0 Å². The van der Waals surface area contributed by atoms with E-state index in [0.717, 1.165) is 23.8 Å². The Bertz CT molecular complexity index is 945. The van der Waals surface area contributed by atoms with Crippen molar-refractivity contribution in [2.24, 2.45) is 0 Å². The van der Waals surface area contributed by atoms with Gasteiger partial charge in [-0.05, 0) is 16.0 Å². The third-order valence-electron chi connectivity index (χ3n) is 4.49. The van der Waals surface area contributed by atoms with Crippen molar-refractivity contribution in [3.05, 3.63) is 11.3 Å². The maximum Gasteiger partial charge on any atom is 1.00 e. The van der Waals surface area contributed by atoms with Gasteiger partial charge in [-0.3, -0.25) is 14.5 Å². The van der Waals surface area contributed by atoms with Crippen LogP contribution in [0, 0.1) is 0 Å². The first-order chi connectivity index (χ1) is 15.2. The Balaban J connectivity index is 0.00000289. The number of fused-ring (bicyclic) bond motifs is 1. The number of halogens is 2. The molecule has 1 fully saturated rings. The number of methoxy groups -OCH3 is 1. The van der Waals surface area contributed by atoms with Crippen LogP contribution in [0.15, 0.2) is 16.4 Å². The number of carboxylic acid groups (broad SMARTS) is 1. The molecule has 2 atom stereocenters. The van der Waals surface area contributed by atoms with Crippen LogP contribution in [0.4, 0.5) is 8.78 Å². The number of alkyl halides is 2. The summed E-state index contributed by atoms with van der Waals surface area (Å²) in [6.07, 6.45) is -1.29. The monoisotopic (exact) mass is 520 g/mol. The standard InChI is InChI=1S/C15H18F2N6O7S2.Na.H/c1-29-15(18-8(25)6-31-13(16)17)11(28)23-9(10(26)27)7(4-30-12(15)23)5-32-14-19-20-21-22(14)2-3-24;;/h12-13,24H,2-6H2,1H3,(H,18,25)(H,26,27);;/q;+1;-1/t12-,15+;;/m1../s1. The maximum absolute atomic E-state index is 12.8. The van der Waals surface area contributed by atoms with E-state index in [9.17, 15) is 28.3 Å². The fourth-order valence-corrected chi connectivity index (χ4v) is 4.37. The average Bonchev–Trinajstić information content (AvgIpc) is 3.20. The Morgan fingerprint density at radius 1 is 1.48 bits per heavy atom. The van der Waals surface area contributed by atoms with Gasteiger partial charge in [0.2, 0.25) is 11.1 Å². The number of hydrogen-bond acceptors (Lipinski definition) is 11. The number of aliphatic carboxylic acids is 1. The number of ether oxygens (including phenoxy) is 2. The molecule has 1 aromatic heterocycles. The number of β-lactam (4-membered cyclic amide) rings is 1. The molecule has 3 rings (SSSR count). The van der Waals surface area contributed by atoms with Crippen molar-refractivity contribution in [1.82, 2.24) is 30.4 Å². The summed E-state index contributed by atoms with van der Waals surface area (Å²) < 4.78 is 36.7. The number of amides is 2. The molecule has 0 radical (unpaired) electrons. The number of aliphatic hydroxyl groups is 1. The van der Waals surface area contributed by atoms with Crippen molar-refractivity contribution >= 4 is 41.3 Å². The van der Waals surface area contributed by atoms with E-state index in [-0.39, 0.29) is 79.5 Å². The number of nitrogens with zero attached hydrogens (tertiary/aromatic N) is 5. The van der Waals surface area contributed by atoms with Crippen LogP contribution in [-0.2, 0) is 30.4 Å². The van der Waals surface area contributed by atoms with Gasteiger partial charge in [-0.15, -0.1) is 5.10 Å². The number of tetrazole rings is 1. The van der Waals surface area contributed by atoms with Crippen molar-refractivity contribution in [2.75, 3.05) is 31.8 Å². The third-order valence-corrected chi connectivity index (χ3v) is 6.21. The van der Waals surface area contributed by atoms with Crippen LogP contribution >= 0.6 is 23.5 Å². The first-order valence-electron chi connectivity index (χ1n) is 8.91. The topological polar surface area (TPSA) is 169 Å². The average molecular weight is 520 g/mol. The Hall–Kier alpha value is -1.34. The van der Waals surface area contributed by atoms with Crippen molar-refractivity contribution < 1.29 is 73.8 Å². The van der Waals surface area contributed by atoms with Gasteiger partial charge in [0, 0.05) is 12.9 Å². The summed E-state index contributed by atoms with van der Waals surface area (Å²) in [6, 6.07) is 0. The summed E-state index contributed by atoms with van der Waals surface area (Å²) >= 11 is 1.14. The van der Waals surface area contributed by atoms with E-state index in [4.69, 9.17) is 14.6 Å². The number of carbonyl (C=O) groups is 3. The Labute approximate surface area is 217 Å². The Kier molecular flexibility index (Phi) is 10.0. The molecule has 2 aliphatic heterocycles. The molecule has 2 aliphatic rings. The largest absolute Gasteiger partial charge is 1.00 e. The van der Waals surface area contributed by atoms with Gasteiger partial charge in [0.15, 0.2) is 6.23 Å². The molecule has 0 saturated carbocycles. The molecule has 3 heterocycles. The van der Waals surface area contributed by atoms with Gasteiger partial charge in [0.25, 0.3) is 17.4 Å². The third kappa shape index (κ3) is 5.67. The molecular formula is C15H19F2N6NaO7S2. The molecule has 1 aromatic rings. The predicted molar refractivity (Wildman–Crippen MR) is 104 cm³/mol. The van der Waals surface area contributed by atoms with Crippen molar-refractivity contribution in [3.8, 4) is 0 Å². The Morgan fingerprint density at radius 2 is 2.21 bits per heavy atom. The van der Waals surface area contributed by atoms with Crippen LogP contribution in [0.3, 0.4) is 0 Å². The summed E-state index contributed by atoms with van der Waals surface area (Å²) in [5, 5.41) is 32.3. The van der Waals surface area contributed by atoms with E-state index in [1.54, 1.807) is 0 Å². The minimum Gasteiger partial charge on any atom is -1.00 e. The smallest absolute Gasteiger partial charge is 1.00 e. The second-order valence-corrected chi connectivity index (χ2v) is 8.27. The second-order valence-electron chi connectivity index (χ2n) is 6.35. The van der Waals surface area contributed by atoms with Gasteiger partial charge in [-0.2, -0.15) is 8.78 Å². The fraction of sp³-hybridized carbons (Fsp3) is 0.600. The van der Waals surface area contributed by atoms with Crippen molar-refractivity contribution in [1.29, 1.82) is 0 Å². The van der Waals surface area contributed by atoms with Gasteiger partial charge < -0.3 is 26.4 Å². The zero-order valence-corrected chi connectivity index (χ0v) is 21.1. The molecule has 1 saturated heterocycles. The Morgan fingerprint density at radius 3 is 2.82 bits per heavy atom. The van der Waals surface area contributed by atoms with Crippen LogP contribution < -0.4 is 34.9 Å². The molecule has 3 N–H and O–H groups in total. The van der Waals surface area contributed by atoms with Gasteiger partial charge in [-0.1, -0.05) is 23.5 Å². The zero-order chi connectivity index (χ0) is 23.5. The van der Waals surface area contributed by atoms with Gasteiger partial charge in [-0.25, -0.2) is 9.48 Å². The van der Waals surface area contributed by atoms with Gasteiger partial charge in [0.05, 0.1) is 25.5 Å². The molecule has 18 heteroatoms. The number of aromatic nitrogens is 4. The molecular weight excluding hydrogens is 501 g/mol. The van der Waals surface area contributed by atoms with Crippen LogP contribution in [0.1, 0.15) is 1.43 Å². The molecule has 33 heavy (non-hydrogen) atoms. The SMILES string of the molecule is CO[C@@]1(NC(=O)CSC(F)F)C(=O)N2C(C(=O)O)=C(CSc3nnnn3CCO)CO[C@@H]21.[H-].[Na+]. The summed E-state index contributed by atoms with van der Waals surface area (Å²) in [5.41, 5.74) is -2.12. The molecule has 2 amide bonds. The van der Waals surface area contributed by atoms with E-state index < -0.39 is 41.2 Å². The van der Waals surface area contributed by atoms with E-state index in [1.165, 1.54) is 4.68 Å². The van der Waals surface area contributed by atoms with Gasteiger partial charge in [0.1, 0.15) is 5.70 Å². The van der Waals surface area contributed by atoms with Crippen molar-refractivity contribution in [3.63, 3.8) is 0 Å². The second kappa shape index (κ2) is 11.9. The van der Waals surface area contributed by atoms with Crippen LogP contribution in [0.25, 0.3) is 0 Å². The molecule has 0 unspecified atom stereocenters. The summed E-state index contributed by atoms with van der Waals surface area (Å²) in [5.74, 6) is -6.56. The number of aliphatic hydroxyl groups excluding tert-OH is 1. The zero-order valence-electron chi connectivity index (χ0n) is 18.4. The molecule has 0 aromatic carbocycles. The predicted octanol–water partition coefficient (Wildman–Crippen LogP) is -4.17. The quantitative estimate of drug-likeness (QED) is 0.112. The number of hydrogen-bond donors (Lipinski definition) is 3. The summed E-state index contributed by atoms with van der Waals surface area (Å²) in [4.78, 5) is 37.6. The molecule has 0 bridgehead atoms. The fourth-order valence-electron chi connectivity index (χ4n) is 3.12. The molecule has 0 spiro atoms. The number of rotatable bonds is 11. The van der Waals surface area contributed by atoms with Crippen LogP contribution in [0.5, 0.6) is 0 Å². The van der Waals surface area contributed by atoms with E-state index >= 15 is 0 Å². The maximum atomic E-state index is 12.8. The van der Waals surface area contributed by atoms with E-state index in [1.807, 2.05) is 0 Å². The first kappa shape index (κ1) is 27.9. The molecule has 0 aliphatic carbocycles. The number of carbonyl (C=O) groups excluding carboxylic acids is 2. The van der Waals surface area contributed by atoms with Gasteiger partial charge >= 0.3 is 35.5 Å². The summed E-state index contributed by atoms with van der Waals surface area (Å²) in [7, 11) is 1.11. The number of nitrogens with one attached hydrogen (secondary N) is 1.